The molecule has 0 rings (SSSR count). The fourth-order valence-corrected chi connectivity index (χ4v) is 1.17. The number of hydrogen-bond donors (Lipinski definition) is 5. The third-order valence-electron chi connectivity index (χ3n) is 2.01. The van der Waals surface area contributed by atoms with Crippen LogP contribution in [0.1, 0.15) is 12.8 Å². The van der Waals surface area contributed by atoms with E-state index in [1.165, 1.54) is 0 Å². The molecule has 0 aromatic carbocycles. The molecule has 0 aromatic heterocycles. The van der Waals surface area contributed by atoms with Crippen molar-refractivity contribution in [3.05, 3.63) is 12.3 Å². The van der Waals surface area contributed by atoms with Crippen LogP contribution in [0.25, 0.3) is 0 Å². The Bertz CT molecular complexity index is 159. The second-order valence-corrected chi connectivity index (χ2v) is 3.33. The number of aliphatic hydroxyl groups is 5. The zero-order chi connectivity index (χ0) is 11.1. The Labute approximate surface area is 82.9 Å². The quantitative estimate of drug-likeness (QED) is 0.350. The first kappa shape index (κ1) is 13.4. The lowest BCUT2D eigenvalue weighted by molar-refractivity contribution is 0.0432. The predicted molar refractivity (Wildman–Crippen MR) is 50.7 cm³/mol. The van der Waals surface area contributed by atoms with Crippen LogP contribution in [0.2, 0.25) is 0 Å². The highest BCUT2D eigenvalue weighted by Crippen LogP contribution is 2.19. The van der Waals surface area contributed by atoms with Gasteiger partial charge < -0.3 is 25.5 Å². The molecule has 0 bridgehead atoms. The summed E-state index contributed by atoms with van der Waals surface area (Å²) in [6.45, 7) is 2.49. The molecular weight excluding hydrogens is 188 g/mol. The molecule has 0 heterocycles. The molecule has 0 amide bonds. The first-order valence-electron chi connectivity index (χ1n) is 4.46. The van der Waals surface area contributed by atoms with Gasteiger partial charge in [0.05, 0.1) is 31.2 Å². The lowest BCUT2D eigenvalue weighted by Crippen LogP contribution is -2.24. The standard InChI is InChI=1S/C9H18O5/c1-6(12)7(2-8(13)4-10)3-9(14)5-11/h7-14H,1-5H2. The molecular formula is C9H18O5. The molecule has 0 aliphatic heterocycles. The summed E-state index contributed by atoms with van der Waals surface area (Å²) >= 11 is 0. The molecule has 5 heteroatoms. The minimum atomic E-state index is -0.949. The van der Waals surface area contributed by atoms with Gasteiger partial charge in [-0.25, -0.2) is 0 Å². The highest BCUT2D eigenvalue weighted by molar-refractivity contribution is 4.91. The van der Waals surface area contributed by atoms with Crippen LogP contribution in [0, 0.1) is 5.92 Å². The van der Waals surface area contributed by atoms with Crippen molar-refractivity contribution in [2.24, 2.45) is 5.92 Å². The van der Waals surface area contributed by atoms with Crippen molar-refractivity contribution in [3.63, 3.8) is 0 Å². The maximum Gasteiger partial charge on any atom is 0.0883 e. The van der Waals surface area contributed by atoms with Gasteiger partial charge in [0.1, 0.15) is 0 Å². The molecule has 0 fully saturated rings. The van der Waals surface area contributed by atoms with Crippen molar-refractivity contribution in [2.45, 2.75) is 25.0 Å². The fraction of sp³-hybridized carbons (Fsp3) is 0.778. The Kier molecular flexibility index (Phi) is 6.48. The van der Waals surface area contributed by atoms with Gasteiger partial charge in [0.25, 0.3) is 0 Å². The lowest BCUT2D eigenvalue weighted by atomic mass is 9.94. The second-order valence-electron chi connectivity index (χ2n) is 3.33. The monoisotopic (exact) mass is 206 g/mol. The molecule has 5 nitrogen and oxygen atoms in total. The van der Waals surface area contributed by atoms with Crippen molar-refractivity contribution in [1.82, 2.24) is 0 Å². The average molecular weight is 206 g/mol. The largest absolute Gasteiger partial charge is 0.513 e. The average Bonchev–Trinajstić information content (AvgIpc) is 2.16. The minimum Gasteiger partial charge on any atom is -0.513 e. The van der Waals surface area contributed by atoms with Gasteiger partial charge in [0.15, 0.2) is 0 Å². The Balaban J connectivity index is 4.09. The van der Waals surface area contributed by atoms with Gasteiger partial charge in [0, 0.05) is 5.92 Å². The summed E-state index contributed by atoms with van der Waals surface area (Å²) in [5.74, 6) is -0.677. The zero-order valence-electron chi connectivity index (χ0n) is 8.00. The molecule has 5 N–H and O–H groups in total. The van der Waals surface area contributed by atoms with Crippen molar-refractivity contribution in [3.8, 4) is 0 Å². The Morgan fingerprint density at radius 2 is 1.36 bits per heavy atom. The van der Waals surface area contributed by atoms with E-state index < -0.39 is 31.3 Å². The summed E-state index contributed by atoms with van der Waals surface area (Å²) in [6.07, 6.45) is -1.67. The van der Waals surface area contributed by atoms with Crippen molar-refractivity contribution in [2.75, 3.05) is 13.2 Å². The molecule has 0 aromatic rings. The van der Waals surface area contributed by atoms with E-state index in [4.69, 9.17) is 25.5 Å². The summed E-state index contributed by atoms with van der Waals surface area (Å²) in [5.41, 5.74) is 0. The molecule has 0 saturated heterocycles. The molecule has 0 saturated carbocycles. The number of hydrogen-bond acceptors (Lipinski definition) is 5. The second kappa shape index (κ2) is 6.78. The van der Waals surface area contributed by atoms with Gasteiger partial charge in [-0.3, -0.25) is 0 Å². The van der Waals surface area contributed by atoms with E-state index in [0.717, 1.165) is 0 Å². The molecule has 0 spiro atoms. The molecule has 2 unspecified atom stereocenters. The Hall–Kier alpha value is -0.620. The van der Waals surface area contributed by atoms with E-state index in [2.05, 4.69) is 6.58 Å². The summed E-state index contributed by atoms with van der Waals surface area (Å²) in [4.78, 5) is 0. The third kappa shape index (κ3) is 5.18. The zero-order valence-corrected chi connectivity index (χ0v) is 8.00. The van der Waals surface area contributed by atoms with Crippen LogP contribution in [-0.4, -0.2) is 51.0 Å². The Morgan fingerprint density at radius 3 is 1.57 bits per heavy atom. The predicted octanol–water partition coefficient (Wildman–Crippen LogP) is -0.839. The van der Waals surface area contributed by atoms with Crippen LogP contribution in [0.5, 0.6) is 0 Å². The highest BCUT2D eigenvalue weighted by Gasteiger charge is 2.20. The first-order valence-corrected chi connectivity index (χ1v) is 4.46. The van der Waals surface area contributed by atoms with Gasteiger partial charge >= 0.3 is 0 Å². The van der Waals surface area contributed by atoms with E-state index in [1.54, 1.807) is 0 Å². The fourth-order valence-electron chi connectivity index (χ4n) is 1.17. The van der Waals surface area contributed by atoms with E-state index >= 15 is 0 Å². The molecule has 84 valence electrons. The normalized spacial score (nSPS) is 17.4. The van der Waals surface area contributed by atoms with Gasteiger partial charge in [-0.05, 0) is 12.8 Å². The van der Waals surface area contributed by atoms with Crippen LogP contribution < -0.4 is 0 Å². The lowest BCUT2D eigenvalue weighted by Gasteiger charge is -2.20. The summed E-state index contributed by atoms with van der Waals surface area (Å²) < 4.78 is 0. The number of allylic oxidation sites excluding steroid dienone is 1. The minimum absolute atomic E-state index is 0.114. The smallest absolute Gasteiger partial charge is 0.0883 e. The summed E-state index contributed by atoms with van der Waals surface area (Å²) in [7, 11) is 0. The van der Waals surface area contributed by atoms with Crippen LogP contribution in [0.4, 0.5) is 0 Å². The maximum absolute atomic E-state index is 9.12. The van der Waals surface area contributed by atoms with E-state index in [-0.39, 0.29) is 18.6 Å². The van der Waals surface area contributed by atoms with Gasteiger partial charge in [-0.1, -0.05) is 6.58 Å². The third-order valence-corrected chi connectivity index (χ3v) is 2.01. The molecule has 2 atom stereocenters. The van der Waals surface area contributed by atoms with Gasteiger partial charge in [-0.15, -0.1) is 0 Å². The molecule has 14 heavy (non-hydrogen) atoms. The van der Waals surface area contributed by atoms with E-state index in [0.29, 0.717) is 0 Å². The van der Waals surface area contributed by atoms with Crippen molar-refractivity contribution in [1.29, 1.82) is 0 Å². The molecule has 0 radical (unpaired) electrons. The topological polar surface area (TPSA) is 101 Å². The number of rotatable bonds is 7. The summed E-state index contributed by atoms with van der Waals surface area (Å²) in [6, 6.07) is 0. The van der Waals surface area contributed by atoms with Crippen molar-refractivity contribution >= 4 is 0 Å². The Morgan fingerprint density at radius 1 is 1.00 bits per heavy atom. The summed E-state index contributed by atoms with van der Waals surface area (Å²) in [5, 5.41) is 44.5. The van der Waals surface area contributed by atoms with E-state index in [9.17, 15) is 0 Å². The van der Waals surface area contributed by atoms with E-state index in [1.807, 2.05) is 0 Å². The SMILES string of the molecule is C=C(O)C(CC(O)CO)CC(O)CO. The van der Waals surface area contributed by atoms with Gasteiger partial charge in [-0.2, -0.15) is 0 Å². The van der Waals surface area contributed by atoms with Crippen molar-refractivity contribution < 1.29 is 25.5 Å². The molecule has 0 aliphatic rings. The van der Waals surface area contributed by atoms with Gasteiger partial charge in [0.2, 0.25) is 0 Å². The molecule has 0 aliphatic carbocycles. The van der Waals surface area contributed by atoms with Crippen LogP contribution >= 0.6 is 0 Å². The van der Waals surface area contributed by atoms with Crippen LogP contribution in [0.3, 0.4) is 0 Å². The first-order chi connectivity index (χ1) is 6.51. The number of aliphatic hydroxyl groups excluding tert-OH is 5. The maximum atomic E-state index is 9.12. The van der Waals surface area contributed by atoms with Crippen LogP contribution in [0.15, 0.2) is 12.3 Å². The van der Waals surface area contributed by atoms with Crippen LogP contribution in [-0.2, 0) is 0 Å². The highest BCUT2D eigenvalue weighted by atomic mass is 16.3.